The normalized spacial score (nSPS) is 11.9. The lowest BCUT2D eigenvalue weighted by Crippen LogP contribution is -2.06. The molecule has 0 radical (unpaired) electrons. The SMILES string of the molecule is c1ccc(-c2nc(-c3ccccc3)nc(-n3c4ccccc4c4c5c6ccccc6c6c(c7ccccc7n6-c6ccccc6)c5c5ccccc5c43)n2)cc1. The molecule has 5 heteroatoms. The third-order valence-electron chi connectivity index (χ3n) is 11.3. The van der Waals surface area contributed by atoms with Crippen LogP contribution in [0.1, 0.15) is 0 Å². The van der Waals surface area contributed by atoms with Gasteiger partial charge in [-0.2, -0.15) is 9.97 Å². The summed E-state index contributed by atoms with van der Waals surface area (Å²) in [5, 5.41) is 12.0. The van der Waals surface area contributed by atoms with E-state index in [9.17, 15) is 0 Å². The first-order valence-electron chi connectivity index (χ1n) is 19.0. The van der Waals surface area contributed by atoms with Crippen LogP contribution in [0.25, 0.3) is 110 Å². The van der Waals surface area contributed by atoms with E-state index < -0.39 is 0 Å². The lowest BCUT2D eigenvalue weighted by atomic mass is 9.89. The standard InChI is InChI=1S/C51H31N5/c1-4-18-32(19-5-1)49-52-50(33-20-6-2-7-21-33)54-51(53-49)56-42-31-17-15-29-40(42)46-44-35-24-10-12-26-37(35)47-45(43(44)36-25-11-13-27-38(36)48(46)56)39-28-14-16-30-41(39)55(47)34-22-8-3-9-23-34/h1-31H. The molecule has 3 aromatic heterocycles. The summed E-state index contributed by atoms with van der Waals surface area (Å²) >= 11 is 0. The van der Waals surface area contributed by atoms with Gasteiger partial charge in [0.05, 0.1) is 22.1 Å². The van der Waals surface area contributed by atoms with E-state index in [-0.39, 0.29) is 0 Å². The second kappa shape index (κ2) is 11.9. The molecular formula is C51H31N5. The lowest BCUT2D eigenvalue weighted by Gasteiger charge is -2.16. The third-order valence-corrected chi connectivity index (χ3v) is 11.3. The number of benzene rings is 9. The molecule has 0 aliphatic rings. The lowest BCUT2D eigenvalue weighted by molar-refractivity contribution is 0.955. The fourth-order valence-electron chi connectivity index (χ4n) is 9.05. The molecule has 0 unspecified atom stereocenters. The molecule has 0 saturated carbocycles. The van der Waals surface area contributed by atoms with Crippen molar-refractivity contribution in [2.24, 2.45) is 0 Å². The third kappa shape index (κ3) is 4.34. The molecule has 0 aliphatic carbocycles. The summed E-state index contributed by atoms with van der Waals surface area (Å²) in [7, 11) is 0. The van der Waals surface area contributed by atoms with Crippen LogP contribution in [0.5, 0.6) is 0 Å². The molecule has 0 aliphatic heterocycles. The summed E-state index contributed by atoms with van der Waals surface area (Å²) in [6, 6.07) is 66.6. The fraction of sp³-hybridized carbons (Fsp3) is 0. The molecule has 0 amide bonds. The number of nitrogens with zero attached hydrogens (tertiary/aromatic N) is 5. The molecule has 5 nitrogen and oxygen atoms in total. The average molecular weight is 714 g/mol. The Bertz CT molecular complexity index is 3450. The molecule has 0 saturated heterocycles. The molecule has 0 atom stereocenters. The van der Waals surface area contributed by atoms with Crippen molar-refractivity contribution in [3.05, 3.63) is 188 Å². The first-order chi connectivity index (χ1) is 27.8. The Morgan fingerprint density at radius 2 is 0.661 bits per heavy atom. The van der Waals surface area contributed by atoms with Crippen LogP contribution >= 0.6 is 0 Å². The van der Waals surface area contributed by atoms with Gasteiger partial charge in [0.25, 0.3) is 0 Å². The molecule has 0 spiro atoms. The molecular weight excluding hydrogens is 683 g/mol. The van der Waals surface area contributed by atoms with Gasteiger partial charge in [-0.15, -0.1) is 0 Å². The number of hydrogen-bond donors (Lipinski definition) is 0. The van der Waals surface area contributed by atoms with E-state index in [1.54, 1.807) is 0 Å². The second-order valence-electron chi connectivity index (χ2n) is 14.3. The number of para-hydroxylation sites is 3. The highest BCUT2D eigenvalue weighted by molar-refractivity contribution is 6.45. The number of hydrogen-bond acceptors (Lipinski definition) is 3. The fourth-order valence-corrected chi connectivity index (χ4v) is 9.05. The molecule has 0 fully saturated rings. The van der Waals surface area contributed by atoms with E-state index in [0.717, 1.165) is 38.6 Å². The van der Waals surface area contributed by atoms with E-state index in [1.807, 2.05) is 36.4 Å². The van der Waals surface area contributed by atoms with Crippen LogP contribution in [0.4, 0.5) is 0 Å². The Morgan fingerprint density at radius 3 is 1.16 bits per heavy atom. The molecule has 3 heterocycles. The number of fused-ring (bicyclic) bond motifs is 15. The summed E-state index contributed by atoms with van der Waals surface area (Å²) < 4.78 is 4.73. The maximum atomic E-state index is 5.29. The highest BCUT2D eigenvalue weighted by Crippen LogP contribution is 2.50. The molecule has 260 valence electrons. The highest BCUT2D eigenvalue weighted by atomic mass is 15.2. The Labute approximate surface area is 321 Å². The molecule has 9 aromatic carbocycles. The first-order valence-corrected chi connectivity index (χ1v) is 19.0. The first kappa shape index (κ1) is 30.8. The minimum absolute atomic E-state index is 0.583. The van der Waals surface area contributed by atoms with Crippen LogP contribution in [0.15, 0.2) is 188 Å². The summed E-state index contributed by atoms with van der Waals surface area (Å²) in [5.41, 5.74) is 7.54. The van der Waals surface area contributed by atoms with Crippen LogP contribution in [0.2, 0.25) is 0 Å². The van der Waals surface area contributed by atoms with Crippen LogP contribution in [0, 0.1) is 0 Å². The minimum Gasteiger partial charge on any atom is -0.309 e. The average Bonchev–Trinajstić information content (AvgIpc) is 3.81. The quantitative estimate of drug-likeness (QED) is 0.171. The largest absolute Gasteiger partial charge is 0.309 e. The summed E-state index contributed by atoms with van der Waals surface area (Å²) in [5.74, 6) is 1.84. The molecule has 56 heavy (non-hydrogen) atoms. The number of aromatic nitrogens is 5. The maximum Gasteiger partial charge on any atom is 0.238 e. The monoisotopic (exact) mass is 713 g/mol. The van der Waals surface area contributed by atoms with Crippen molar-refractivity contribution >= 4 is 75.9 Å². The van der Waals surface area contributed by atoms with E-state index in [2.05, 4.69) is 161 Å². The zero-order chi connectivity index (χ0) is 36.7. The van der Waals surface area contributed by atoms with Crippen LogP contribution in [0.3, 0.4) is 0 Å². The van der Waals surface area contributed by atoms with Crippen molar-refractivity contribution in [3.63, 3.8) is 0 Å². The summed E-state index contributed by atoms with van der Waals surface area (Å²) in [6.07, 6.45) is 0. The van der Waals surface area contributed by atoms with Crippen LogP contribution < -0.4 is 0 Å². The van der Waals surface area contributed by atoms with Gasteiger partial charge in [0.15, 0.2) is 11.6 Å². The van der Waals surface area contributed by atoms with Gasteiger partial charge in [0.2, 0.25) is 5.95 Å². The van der Waals surface area contributed by atoms with Crippen LogP contribution in [-0.2, 0) is 0 Å². The van der Waals surface area contributed by atoms with Crippen molar-refractivity contribution < 1.29 is 0 Å². The molecule has 0 N–H and O–H groups in total. The summed E-state index contributed by atoms with van der Waals surface area (Å²) in [4.78, 5) is 15.6. The highest BCUT2D eigenvalue weighted by Gasteiger charge is 2.26. The van der Waals surface area contributed by atoms with Crippen molar-refractivity contribution in [2.75, 3.05) is 0 Å². The van der Waals surface area contributed by atoms with Crippen LogP contribution in [-0.4, -0.2) is 24.1 Å². The van der Waals surface area contributed by atoms with Crippen molar-refractivity contribution in [1.29, 1.82) is 0 Å². The van der Waals surface area contributed by atoms with Crippen molar-refractivity contribution in [2.45, 2.75) is 0 Å². The predicted molar refractivity (Wildman–Crippen MR) is 232 cm³/mol. The van der Waals surface area contributed by atoms with Crippen molar-refractivity contribution in [1.82, 2.24) is 24.1 Å². The van der Waals surface area contributed by atoms with E-state index in [0.29, 0.717) is 17.6 Å². The topological polar surface area (TPSA) is 48.5 Å². The van der Waals surface area contributed by atoms with Gasteiger partial charge >= 0.3 is 0 Å². The Balaban J connectivity index is 1.33. The Morgan fingerprint density at radius 1 is 0.286 bits per heavy atom. The van der Waals surface area contributed by atoms with Gasteiger partial charge < -0.3 is 4.57 Å². The minimum atomic E-state index is 0.583. The zero-order valence-corrected chi connectivity index (χ0v) is 30.1. The summed E-state index contributed by atoms with van der Waals surface area (Å²) in [6.45, 7) is 0. The van der Waals surface area contributed by atoms with Gasteiger partial charge in [0, 0.05) is 59.9 Å². The molecule has 12 aromatic rings. The van der Waals surface area contributed by atoms with E-state index in [4.69, 9.17) is 15.0 Å². The Hall–Kier alpha value is -7.63. The van der Waals surface area contributed by atoms with Gasteiger partial charge in [-0.05, 0) is 35.0 Å². The Kier molecular flexibility index (Phi) is 6.56. The molecule has 12 rings (SSSR count). The van der Waals surface area contributed by atoms with Gasteiger partial charge in [0.1, 0.15) is 0 Å². The zero-order valence-electron chi connectivity index (χ0n) is 30.1. The van der Waals surface area contributed by atoms with Gasteiger partial charge in [-0.3, -0.25) is 4.57 Å². The van der Waals surface area contributed by atoms with E-state index in [1.165, 1.54) is 54.1 Å². The van der Waals surface area contributed by atoms with Crippen molar-refractivity contribution in [3.8, 4) is 34.4 Å². The smallest absolute Gasteiger partial charge is 0.238 e. The van der Waals surface area contributed by atoms with Gasteiger partial charge in [-0.25, -0.2) is 4.98 Å². The molecule has 0 bridgehead atoms. The van der Waals surface area contributed by atoms with E-state index >= 15 is 0 Å². The second-order valence-corrected chi connectivity index (χ2v) is 14.3. The maximum absolute atomic E-state index is 5.29. The number of rotatable bonds is 4. The predicted octanol–water partition coefficient (Wildman–Crippen LogP) is 12.9. The van der Waals surface area contributed by atoms with Gasteiger partial charge in [-0.1, -0.05) is 164 Å².